The molecule has 0 unspecified atom stereocenters. The number of aromatic nitrogens is 2. The molecule has 0 amide bonds. The molecule has 0 radical (unpaired) electrons. The fourth-order valence-corrected chi connectivity index (χ4v) is 2.96. The highest BCUT2D eigenvalue weighted by molar-refractivity contribution is 7.09. The molecule has 0 aromatic carbocycles. The van der Waals surface area contributed by atoms with Gasteiger partial charge in [0.1, 0.15) is 5.82 Å². The van der Waals surface area contributed by atoms with Gasteiger partial charge in [0.2, 0.25) is 5.13 Å². The van der Waals surface area contributed by atoms with E-state index in [1.807, 2.05) is 0 Å². The minimum absolute atomic E-state index is 0.0758. The third-order valence-corrected chi connectivity index (χ3v) is 4.19. The van der Waals surface area contributed by atoms with Crippen LogP contribution in [0.5, 0.6) is 0 Å². The van der Waals surface area contributed by atoms with Gasteiger partial charge in [-0.25, -0.2) is 4.98 Å². The van der Waals surface area contributed by atoms with Crippen molar-refractivity contribution in [2.24, 2.45) is 0 Å². The lowest BCUT2D eigenvalue weighted by molar-refractivity contribution is 0.0668. The first kappa shape index (κ1) is 13.1. The Bertz CT molecular complexity index is 363. The van der Waals surface area contributed by atoms with Gasteiger partial charge in [0, 0.05) is 36.5 Å². The van der Waals surface area contributed by atoms with Crippen LogP contribution in [0.25, 0.3) is 0 Å². The van der Waals surface area contributed by atoms with Gasteiger partial charge >= 0.3 is 0 Å². The van der Waals surface area contributed by atoms with E-state index in [2.05, 4.69) is 28.5 Å². The Morgan fingerprint density at radius 2 is 2.18 bits per heavy atom. The molecule has 0 spiro atoms. The molecule has 1 fully saturated rings. The zero-order valence-corrected chi connectivity index (χ0v) is 11.8. The maximum absolute atomic E-state index is 6.09. The summed E-state index contributed by atoms with van der Waals surface area (Å²) in [6.45, 7) is 5.71. The number of hydrogen-bond acceptors (Lipinski definition) is 5. The van der Waals surface area contributed by atoms with Crippen LogP contribution in [0.2, 0.25) is 0 Å². The van der Waals surface area contributed by atoms with Crippen LogP contribution < -0.4 is 5.32 Å². The van der Waals surface area contributed by atoms with E-state index in [0.29, 0.717) is 11.8 Å². The van der Waals surface area contributed by atoms with Gasteiger partial charge in [0.25, 0.3) is 0 Å². The molecule has 2 heterocycles. The van der Waals surface area contributed by atoms with Gasteiger partial charge in [-0.3, -0.25) is 0 Å². The third-order valence-electron chi connectivity index (χ3n) is 3.04. The predicted molar refractivity (Wildman–Crippen MR) is 71.1 cm³/mol. The summed E-state index contributed by atoms with van der Waals surface area (Å²) >= 11 is 7.51. The molecule has 1 aromatic rings. The summed E-state index contributed by atoms with van der Waals surface area (Å²) in [6, 6.07) is 0. The first-order chi connectivity index (χ1) is 8.15. The number of hydrogen-bond donors (Lipinski definition) is 1. The van der Waals surface area contributed by atoms with Crippen molar-refractivity contribution >= 4 is 28.3 Å². The number of rotatable bonds is 4. The van der Waals surface area contributed by atoms with Crippen molar-refractivity contribution in [1.82, 2.24) is 9.36 Å². The molecule has 0 atom stereocenters. The molecule has 1 aliphatic heterocycles. The highest BCUT2D eigenvalue weighted by atomic mass is 35.5. The lowest BCUT2D eigenvalue weighted by Crippen LogP contribution is -2.45. The van der Waals surface area contributed by atoms with Crippen LogP contribution in [-0.4, -0.2) is 34.0 Å². The second-order valence-electron chi connectivity index (χ2n) is 4.76. The van der Waals surface area contributed by atoms with Crippen LogP contribution in [0.15, 0.2) is 0 Å². The average Bonchev–Trinajstić information content (AvgIpc) is 2.79. The Morgan fingerprint density at radius 3 is 2.71 bits per heavy atom. The van der Waals surface area contributed by atoms with Crippen molar-refractivity contribution in [3.05, 3.63) is 5.82 Å². The highest BCUT2D eigenvalue weighted by Crippen LogP contribution is 2.28. The SMILES string of the molecule is CC(C)c1nsc(NC2(CCl)CCOCC2)n1. The van der Waals surface area contributed by atoms with Gasteiger partial charge in [0.05, 0.1) is 5.54 Å². The topological polar surface area (TPSA) is 47.0 Å². The van der Waals surface area contributed by atoms with Crippen LogP contribution in [0.3, 0.4) is 0 Å². The van der Waals surface area contributed by atoms with E-state index in [1.165, 1.54) is 11.5 Å². The minimum Gasteiger partial charge on any atom is -0.381 e. The first-order valence-electron chi connectivity index (χ1n) is 5.91. The molecule has 17 heavy (non-hydrogen) atoms. The number of nitrogens with zero attached hydrogens (tertiary/aromatic N) is 2. The summed E-state index contributed by atoms with van der Waals surface area (Å²) in [4.78, 5) is 4.49. The lowest BCUT2D eigenvalue weighted by atomic mass is 9.92. The van der Waals surface area contributed by atoms with Crippen molar-refractivity contribution in [3.63, 3.8) is 0 Å². The third kappa shape index (κ3) is 3.09. The Morgan fingerprint density at radius 1 is 1.47 bits per heavy atom. The van der Waals surface area contributed by atoms with Gasteiger partial charge < -0.3 is 10.1 Å². The molecule has 1 aliphatic rings. The standard InChI is InChI=1S/C11H18ClN3OS/c1-8(2)9-13-10(17-15-9)14-11(7-12)3-5-16-6-4-11/h8H,3-7H2,1-2H3,(H,13,14,15). The number of nitrogens with one attached hydrogen (secondary N) is 1. The van der Waals surface area contributed by atoms with E-state index in [1.54, 1.807) is 0 Å². The van der Waals surface area contributed by atoms with Gasteiger partial charge in [-0.2, -0.15) is 4.37 Å². The van der Waals surface area contributed by atoms with E-state index >= 15 is 0 Å². The number of halogens is 1. The Labute approximate surface area is 111 Å². The van der Waals surface area contributed by atoms with Crippen LogP contribution >= 0.6 is 23.1 Å². The van der Waals surface area contributed by atoms with E-state index in [-0.39, 0.29) is 5.54 Å². The molecule has 0 bridgehead atoms. The van der Waals surface area contributed by atoms with E-state index in [0.717, 1.165) is 37.0 Å². The summed E-state index contributed by atoms with van der Waals surface area (Å²) in [5, 5.41) is 4.32. The maximum atomic E-state index is 6.09. The van der Waals surface area contributed by atoms with Gasteiger partial charge in [-0.15, -0.1) is 11.6 Å². The van der Waals surface area contributed by atoms with Crippen molar-refractivity contribution < 1.29 is 4.74 Å². The van der Waals surface area contributed by atoms with Crippen molar-refractivity contribution in [2.75, 3.05) is 24.4 Å². The highest BCUT2D eigenvalue weighted by Gasteiger charge is 2.32. The fraction of sp³-hybridized carbons (Fsp3) is 0.818. The minimum atomic E-state index is -0.0758. The quantitative estimate of drug-likeness (QED) is 0.859. The fourth-order valence-electron chi connectivity index (χ4n) is 1.80. The van der Waals surface area contributed by atoms with Crippen LogP contribution in [0.4, 0.5) is 5.13 Å². The Balaban J connectivity index is 2.06. The van der Waals surface area contributed by atoms with Crippen LogP contribution in [-0.2, 0) is 4.74 Å². The van der Waals surface area contributed by atoms with Gasteiger partial charge in [-0.1, -0.05) is 13.8 Å². The Hall–Kier alpha value is -0.390. The van der Waals surface area contributed by atoms with Crippen LogP contribution in [0.1, 0.15) is 38.4 Å². The smallest absolute Gasteiger partial charge is 0.203 e. The summed E-state index contributed by atoms with van der Waals surface area (Å²) in [5.74, 6) is 1.84. The number of ether oxygens (including phenoxy) is 1. The predicted octanol–water partition coefficient (Wildman–Crippen LogP) is 2.86. The molecule has 1 aromatic heterocycles. The Kier molecular flexibility index (Phi) is 4.22. The van der Waals surface area contributed by atoms with Crippen LogP contribution in [0, 0.1) is 0 Å². The monoisotopic (exact) mass is 275 g/mol. The molecule has 96 valence electrons. The second kappa shape index (κ2) is 5.50. The van der Waals surface area contributed by atoms with Crippen molar-refractivity contribution in [1.29, 1.82) is 0 Å². The number of anilines is 1. The summed E-state index contributed by atoms with van der Waals surface area (Å²) in [7, 11) is 0. The molecule has 0 aliphatic carbocycles. The second-order valence-corrected chi connectivity index (χ2v) is 5.78. The van der Waals surface area contributed by atoms with Gasteiger partial charge in [-0.05, 0) is 12.8 Å². The average molecular weight is 276 g/mol. The molecule has 2 rings (SSSR count). The molecule has 1 saturated heterocycles. The van der Waals surface area contributed by atoms with Crippen molar-refractivity contribution in [3.8, 4) is 0 Å². The number of alkyl halides is 1. The van der Waals surface area contributed by atoms with Crippen molar-refractivity contribution in [2.45, 2.75) is 38.1 Å². The molecule has 1 N–H and O–H groups in total. The molecule has 4 nitrogen and oxygen atoms in total. The molecule has 0 saturated carbocycles. The summed E-state index contributed by atoms with van der Waals surface area (Å²) < 4.78 is 9.72. The summed E-state index contributed by atoms with van der Waals surface area (Å²) in [5.41, 5.74) is -0.0758. The lowest BCUT2D eigenvalue weighted by Gasteiger charge is -2.36. The largest absolute Gasteiger partial charge is 0.381 e. The summed E-state index contributed by atoms with van der Waals surface area (Å²) in [6.07, 6.45) is 1.85. The van der Waals surface area contributed by atoms with E-state index < -0.39 is 0 Å². The first-order valence-corrected chi connectivity index (χ1v) is 7.21. The molecular formula is C11H18ClN3OS. The van der Waals surface area contributed by atoms with E-state index in [4.69, 9.17) is 16.3 Å². The maximum Gasteiger partial charge on any atom is 0.203 e. The van der Waals surface area contributed by atoms with Gasteiger partial charge in [0.15, 0.2) is 0 Å². The zero-order valence-electron chi connectivity index (χ0n) is 10.2. The zero-order chi connectivity index (χ0) is 12.3. The van der Waals surface area contributed by atoms with E-state index in [9.17, 15) is 0 Å². The molecular weight excluding hydrogens is 258 g/mol. The molecule has 6 heteroatoms. The normalized spacial score (nSPS) is 19.5.